The van der Waals surface area contributed by atoms with Gasteiger partial charge in [-0.05, 0) is 75.9 Å². The second-order valence-corrected chi connectivity index (χ2v) is 8.60. The van der Waals surface area contributed by atoms with Crippen LogP contribution in [0.2, 0.25) is 5.02 Å². The molecule has 1 aliphatic rings. The van der Waals surface area contributed by atoms with Gasteiger partial charge in [-0.15, -0.1) is 0 Å². The van der Waals surface area contributed by atoms with Crippen molar-refractivity contribution < 1.29 is 0 Å². The Labute approximate surface area is 185 Å². The lowest BCUT2D eigenvalue weighted by Gasteiger charge is -2.39. The summed E-state index contributed by atoms with van der Waals surface area (Å²) >= 11 is 6.27. The molecule has 30 heavy (non-hydrogen) atoms. The number of piperidine rings is 1. The monoisotopic (exact) mass is 430 g/mol. The van der Waals surface area contributed by atoms with Gasteiger partial charge in [0.05, 0.1) is 6.20 Å². The van der Waals surface area contributed by atoms with Crippen molar-refractivity contribution in [1.82, 2.24) is 25.3 Å². The van der Waals surface area contributed by atoms with Gasteiger partial charge in [0.25, 0.3) is 0 Å². The molecule has 2 aromatic rings. The summed E-state index contributed by atoms with van der Waals surface area (Å²) in [5, 5.41) is 12.0. The SMILES string of the molecule is CCNC(=NCC1CCCN(C)C1c1cccc(Cl)c1)NCCCn1cc(C)cn1. The topological polar surface area (TPSA) is 57.5 Å². The third kappa shape index (κ3) is 6.47. The Morgan fingerprint density at radius 3 is 2.93 bits per heavy atom. The Hall–Kier alpha value is -2.05. The van der Waals surface area contributed by atoms with Crippen LogP contribution in [0.5, 0.6) is 0 Å². The molecule has 2 atom stereocenters. The second kappa shape index (κ2) is 11.4. The number of hydrogen-bond donors (Lipinski definition) is 2. The number of nitrogens with zero attached hydrogens (tertiary/aromatic N) is 4. The highest BCUT2D eigenvalue weighted by atomic mass is 35.5. The van der Waals surface area contributed by atoms with E-state index in [0.29, 0.717) is 12.0 Å². The van der Waals surface area contributed by atoms with Crippen molar-refractivity contribution in [2.45, 2.75) is 45.7 Å². The molecule has 164 valence electrons. The molecule has 0 amide bonds. The lowest BCUT2D eigenvalue weighted by molar-refractivity contribution is 0.125. The van der Waals surface area contributed by atoms with E-state index in [4.69, 9.17) is 16.6 Å². The number of hydrogen-bond acceptors (Lipinski definition) is 3. The van der Waals surface area contributed by atoms with Gasteiger partial charge in [0.1, 0.15) is 0 Å². The fourth-order valence-corrected chi connectivity index (χ4v) is 4.45. The van der Waals surface area contributed by atoms with Crippen LogP contribution in [0.25, 0.3) is 0 Å². The first kappa shape index (κ1) is 22.6. The van der Waals surface area contributed by atoms with Crippen LogP contribution in [0.4, 0.5) is 0 Å². The number of rotatable bonds is 8. The van der Waals surface area contributed by atoms with E-state index in [1.807, 2.05) is 23.0 Å². The van der Waals surface area contributed by atoms with Gasteiger partial charge in [-0.1, -0.05) is 23.7 Å². The van der Waals surface area contributed by atoms with E-state index in [0.717, 1.165) is 50.1 Å². The molecule has 2 N–H and O–H groups in total. The highest BCUT2D eigenvalue weighted by Crippen LogP contribution is 2.36. The Morgan fingerprint density at radius 2 is 2.20 bits per heavy atom. The number of likely N-dealkylation sites (tertiary alicyclic amines) is 1. The average Bonchev–Trinajstić information content (AvgIpc) is 3.14. The standard InChI is InChI=1S/C23H35ClN6/c1-4-25-23(26-11-7-13-30-17-18(2)15-28-30)27-16-20-9-6-12-29(3)22(20)19-8-5-10-21(24)14-19/h5,8,10,14-15,17,20,22H,4,6-7,9,11-13,16H2,1-3H3,(H2,25,26,27). The summed E-state index contributed by atoms with van der Waals surface area (Å²) in [6.07, 6.45) is 7.37. The highest BCUT2D eigenvalue weighted by molar-refractivity contribution is 6.30. The largest absolute Gasteiger partial charge is 0.357 e. The van der Waals surface area contributed by atoms with Gasteiger partial charge in [-0.25, -0.2) is 0 Å². The molecular weight excluding hydrogens is 396 g/mol. The molecule has 1 aliphatic heterocycles. The van der Waals surface area contributed by atoms with E-state index < -0.39 is 0 Å². The summed E-state index contributed by atoms with van der Waals surface area (Å²) < 4.78 is 1.99. The molecule has 0 spiro atoms. The van der Waals surface area contributed by atoms with Crippen molar-refractivity contribution in [3.63, 3.8) is 0 Å². The Balaban J connectivity index is 1.58. The minimum Gasteiger partial charge on any atom is -0.357 e. The molecule has 1 saturated heterocycles. The number of benzene rings is 1. The Bertz CT molecular complexity index is 818. The predicted molar refractivity (Wildman–Crippen MR) is 125 cm³/mol. The quantitative estimate of drug-likeness (QED) is 0.379. The van der Waals surface area contributed by atoms with E-state index in [-0.39, 0.29) is 0 Å². The van der Waals surface area contributed by atoms with Crippen LogP contribution < -0.4 is 10.6 Å². The smallest absolute Gasteiger partial charge is 0.191 e. The van der Waals surface area contributed by atoms with Gasteiger partial charge in [0, 0.05) is 43.4 Å². The minimum atomic E-state index is 0.354. The van der Waals surface area contributed by atoms with Crippen molar-refractivity contribution in [2.75, 3.05) is 33.2 Å². The fraction of sp³-hybridized carbons (Fsp3) is 0.565. The Morgan fingerprint density at radius 1 is 1.33 bits per heavy atom. The molecule has 7 heteroatoms. The van der Waals surface area contributed by atoms with Crippen molar-refractivity contribution in [3.05, 3.63) is 52.8 Å². The van der Waals surface area contributed by atoms with Gasteiger partial charge in [0.15, 0.2) is 5.96 Å². The normalized spacial score (nSPS) is 20.3. The summed E-state index contributed by atoms with van der Waals surface area (Å²) in [5.41, 5.74) is 2.49. The zero-order valence-electron chi connectivity index (χ0n) is 18.4. The fourth-order valence-electron chi connectivity index (χ4n) is 4.26. The van der Waals surface area contributed by atoms with Gasteiger partial charge >= 0.3 is 0 Å². The summed E-state index contributed by atoms with van der Waals surface area (Å²) in [6.45, 7) is 8.71. The molecule has 1 aromatic heterocycles. The van der Waals surface area contributed by atoms with Crippen LogP contribution in [-0.4, -0.2) is 53.9 Å². The molecule has 2 heterocycles. The molecule has 0 aliphatic carbocycles. The van der Waals surface area contributed by atoms with E-state index in [2.05, 4.69) is 59.9 Å². The third-order valence-electron chi connectivity index (χ3n) is 5.64. The van der Waals surface area contributed by atoms with Crippen molar-refractivity contribution in [1.29, 1.82) is 0 Å². The molecule has 0 saturated carbocycles. The number of guanidine groups is 1. The van der Waals surface area contributed by atoms with Crippen LogP contribution in [0.3, 0.4) is 0 Å². The molecular formula is C23H35ClN6. The maximum atomic E-state index is 6.27. The first-order chi connectivity index (χ1) is 14.6. The van der Waals surface area contributed by atoms with E-state index in [9.17, 15) is 0 Å². The Kier molecular flexibility index (Phi) is 8.58. The van der Waals surface area contributed by atoms with Gasteiger partial charge < -0.3 is 10.6 Å². The first-order valence-electron chi connectivity index (χ1n) is 11.0. The van der Waals surface area contributed by atoms with Crippen molar-refractivity contribution in [2.24, 2.45) is 10.9 Å². The van der Waals surface area contributed by atoms with Crippen LogP contribution in [-0.2, 0) is 6.54 Å². The maximum absolute atomic E-state index is 6.27. The van der Waals surface area contributed by atoms with Gasteiger partial charge in [-0.2, -0.15) is 5.10 Å². The molecule has 0 radical (unpaired) electrons. The first-order valence-corrected chi connectivity index (χ1v) is 11.4. The zero-order chi connectivity index (χ0) is 21.3. The summed E-state index contributed by atoms with van der Waals surface area (Å²) in [7, 11) is 2.21. The van der Waals surface area contributed by atoms with Crippen molar-refractivity contribution in [3.8, 4) is 0 Å². The average molecular weight is 431 g/mol. The minimum absolute atomic E-state index is 0.354. The predicted octanol–water partition coefficient (Wildman–Crippen LogP) is 3.87. The van der Waals surface area contributed by atoms with Gasteiger partial charge in [-0.3, -0.25) is 14.6 Å². The zero-order valence-corrected chi connectivity index (χ0v) is 19.2. The molecule has 6 nitrogen and oxygen atoms in total. The van der Waals surface area contributed by atoms with Crippen molar-refractivity contribution >= 4 is 17.6 Å². The molecule has 1 fully saturated rings. The number of halogens is 1. The van der Waals surface area contributed by atoms with E-state index >= 15 is 0 Å². The highest BCUT2D eigenvalue weighted by Gasteiger charge is 2.30. The van der Waals surface area contributed by atoms with Gasteiger partial charge in [0.2, 0.25) is 0 Å². The van der Waals surface area contributed by atoms with Crippen LogP contribution in [0, 0.1) is 12.8 Å². The van der Waals surface area contributed by atoms with Crippen LogP contribution in [0.1, 0.15) is 43.4 Å². The van der Waals surface area contributed by atoms with Crippen LogP contribution >= 0.6 is 11.6 Å². The number of aromatic nitrogens is 2. The summed E-state index contributed by atoms with van der Waals surface area (Å²) in [5.74, 6) is 1.37. The number of aliphatic imine (C=N–C) groups is 1. The molecule has 1 aromatic carbocycles. The summed E-state index contributed by atoms with van der Waals surface area (Å²) in [6, 6.07) is 8.64. The molecule has 2 unspecified atom stereocenters. The van der Waals surface area contributed by atoms with E-state index in [1.54, 1.807) is 0 Å². The summed E-state index contributed by atoms with van der Waals surface area (Å²) in [4.78, 5) is 7.38. The number of aryl methyl sites for hydroxylation is 2. The molecule has 0 bridgehead atoms. The second-order valence-electron chi connectivity index (χ2n) is 8.16. The third-order valence-corrected chi connectivity index (χ3v) is 5.88. The lowest BCUT2D eigenvalue weighted by atomic mass is 9.85. The lowest BCUT2D eigenvalue weighted by Crippen LogP contribution is -2.40. The van der Waals surface area contributed by atoms with E-state index in [1.165, 1.54) is 24.0 Å². The van der Waals surface area contributed by atoms with Crippen LogP contribution in [0.15, 0.2) is 41.7 Å². The number of nitrogens with one attached hydrogen (secondary N) is 2. The molecule has 3 rings (SSSR count). The maximum Gasteiger partial charge on any atom is 0.191 e.